The number of hydrogen-bond acceptors (Lipinski definition) is 2. The second-order valence-corrected chi connectivity index (χ2v) is 5.56. The van der Waals surface area contributed by atoms with Gasteiger partial charge in [-0.05, 0) is 35.5 Å². The minimum absolute atomic E-state index is 0.158. The number of nitrogens with one attached hydrogen (secondary N) is 1. The van der Waals surface area contributed by atoms with Crippen molar-refractivity contribution >= 4 is 39.0 Å². The molecule has 102 valence electrons. The summed E-state index contributed by atoms with van der Waals surface area (Å²) in [5.41, 5.74) is 11.2. The van der Waals surface area contributed by atoms with E-state index in [4.69, 9.17) is 18.0 Å². The van der Waals surface area contributed by atoms with Crippen molar-refractivity contribution < 1.29 is 0 Å². The van der Waals surface area contributed by atoms with E-state index in [2.05, 4.69) is 38.6 Å². The first-order chi connectivity index (χ1) is 9.65. The minimum atomic E-state index is 0.158. The molecule has 3 N–H and O–H groups in total. The standard InChI is InChI=1S/C15H14BrN3S/c16-13-8-4-7-12(10-13)14(18-19-15(17)20)9-11-5-2-1-3-6-11/h1-8,10H,9H2,(H3,17,19,20). The Balaban J connectivity index is 2.30. The molecule has 0 aliphatic rings. The predicted octanol–water partition coefficient (Wildman–Crippen LogP) is 3.23. The van der Waals surface area contributed by atoms with Crippen molar-refractivity contribution in [3.8, 4) is 0 Å². The summed E-state index contributed by atoms with van der Waals surface area (Å²) in [4.78, 5) is 0. The van der Waals surface area contributed by atoms with Crippen LogP contribution in [0.3, 0.4) is 0 Å². The van der Waals surface area contributed by atoms with E-state index in [-0.39, 0.29) is 5.11 Å². The monoisotopic (exact) mass is 347 g/mol. The lowest BCUT2D eigenvalue weighted by molar-refractivity contribution is 1.02. The molecule has 5 heteroatoms. The van der Waals surface area contributed by atoms with Gasteiger partial charge >= 0.3 is 0 Å². The van der Waals surface area contributed by atoms with Crippen LogP contribution in [-0.4, -0.2) is 10.8 Å². The first-order valence-corrected chi connectivity index (χ1v) is 7.27. The topological polar surface area (TPSA) is 50.4 Å². The maximum atomic E-state index is 5.45. The third-order valence-electron chi connectivity index (χ3n) is 2.67. The summed E-state index contributed by atoms with van der Waals surface area (Å²) in [5, 5.41) is 4.47. The number of hydrogen-bond donors (Lipinski definition) is 2. The molecule has 2 aromatic carbocycles. The van der Waals surface area contributed by atoms with Gasteiger partial charge in [-0.3, -0.25) is 5.43 Å². The Morgan fingerprint density at radius 1 is 1.15 bits per heavy atom. The largest absolute Gasteiger partial charge is 0.375 e. The maximum absolute atomic E-state index is 5.45. The number of thiocarbonyl (C=S) groups is 1. The molecular weight excluding hydrogens is 334 g/mol. The van der Waals surface area contributed by atoms with Crippen molar-refractivity contribution in [2.75, 3.05) is 0 Å². The van der Waals surface area contributed by atoms with Gasteiger partial charge in [-0.1, -0.05) is 58.4 Å². The number of nitrogens with two attached hydrogens (primary N) is 1. The summed E-state index contributed by atoms with van der Waals surface area (Å²) in [6.45, 7) is 0. The molecule has 0 unspecified atom stereocenters. The number of halogens is 1. The van der Waals surface area contributed by atoms with Gasteiger partial charge in [0.05, 0.1) is 5.71 Å². The first kappa shape index (κ1) is 14.7. The van der Waals surface area contributed by atoms with Gasteiger partial charge in [-0.15, -0.1) is 0 Å². The Morgan fingerprint density at radius 2 is 1.90 bits per heavy atom. The van der Waals surface area contributed by atoms with Gasteiger partial charge < -0.3 is 5.73 Å². The van der Waals surface area contributed by atoms with Crippen LogP contribution in [0.1, 0.15) is 11.1 Å². The Kier molecular flexibility index (Phi) is 5.26. The molecule has 0 aliphatic heterocycles. The number of hydrazone groups is 1. The lowest BCUT2D eigenvalue weighted by Crippen LogP contribution is -2.26. The summed E-state index contributed by atoms with van der Waals surface area (Å²) in [5.74, 6) is 0. The zero-order valence-electron chi connectivity index (χ0n) is 10.7. The molecule has 0 aliphatic carbocycles. The molecule has 0 heterocycles. The molecule has 0 atom stereocenters. The fourth-order valence-corrected chi connectivity index (χ4v) is 2.23. The van der Waals surface area contributed by atoms with E-state index in [1.165, 1.54) is 5.56 Å². The van der Waals surface area contributed by atoms with Crippen LogP contribution in [-0.2, 0) is 6.42 Å². The van der Waals surface area contributed by atoms with Crippen molar-refractivity contribution in [1.82, 2.24) is 5.43 Å². The molecule has 0 saturated heterocycles. The minimum Gasteiger partial charge on any atom is -0.375 e. The van der Waals surface area contributed by atoms with E-state index in [1.54, 1.807) is 0 Å². The molecular formula is C15H14BrN3S. The van der Waals surface area contributed by atoms with Crippen molar-refractivity contribution in [3.63, 3.8) is 0 Å². The molecule has 3 nitrogen and oxygen atoms in total. The normalized spacial score (nSPS) is 11.2. The zero-order valence-corrected chi connectivity index (χ0v) is 13.1. The van der Waals surface area contributed by atoms with Crippen LogP contribution in [0.4, 0.5) is 0 Å². The average Bonchev–Trinajstić information content (AvgIpc) is 2.44. The van der Waals surface area contributed by atoms with Gasteiger partial charge in [0.1, 0.15) is 0 Å². The van der Waals surface area contributed by atoms with Crippen LogP contribution in [0.5, 0.6) is 0 Å². The molecule has 0 bridgehead atoms. The quantitative estimate of drug-likeness (QED) is 0.507. The summed E-state index contributed by atoms with van der Waals surface area (Å²) in [6.07, 6.45) is 0.701. The van der Waals surface area contributed by atoms with Crippen molar-refractivity contribution in [3.05, 3.63) is 70.2 Å². The molecule has 20 heavy (non-hydrogen) atoms. The smallest absolute Gasteiger partial charge is 0.184 e. The zero-order chi connectivity index (χ0) is 14.4. The van der Waals surface area contributed by atoms with Crippen LogP contribution in [0.2, 0.25) is 0 Å². The Labute approximate surface area is 132 Å². The highest BCUT2D eigenvalue weighted by Crippen LogP contribution is 2.14. The van der Waals surface area contributed by atoms with Gasteiger partial charge in [0.2, 0.25) is 0 Å². The highest BCUT2D eigenvalue weighted by atomic mass is 79.9. The average molecular weight is 348 g/mol. The maximum Gasteiger partial charge on any atom is 0.184 e. The summed E-state index contributed by atoms with van der Waals surface area (Å²) in [7, 11) is 0. The lowest BCUT2D eigenvalue weighted by atomic mass is 10.0. The SMILES string of the molecule is NC(=S)NN=C(Cc1ccccc1)c1cccc(Br)c1. The lowest BCUT2D eigenvalue weighted by Gasteiger charge is -2.08. The van der Waals surface area contributed by atoms with Gasteiger partial charge in [-0.2, -0.15) is 5.10 Å². The molecule has 2 rings (SSSR count). The number of nitrogens with zero attached hydrogens (tertiary/aromatic N) is 1. The second kappa shape index (κ2) is 7.17. The molecule has 0 spiro atoms. The highest BCUT2D eigenvalue weighted by molar-refractivity contribution is 9.10. The Morgan fingerprint density at radius 3 is 2.55 bits per heavy atom. The van der Waals surface area contributed by atoms with Crippen LogP contribution in [0, 0.1) is 0 Å². The number of benzene rings is 2. The van der Waals surface area contributed by atoms with Crippen LogP contribution >= 0.6 is 28.1 Å². The molecule has 0 aromatic heterocycles. The van der Waals surface area contributed by atoms with E-state index in [1.807, 2.05) is 42.5 Å². The molecule has 0 saturated carbocycles. The molecule has 0 fully saturated rings. The van der Waals surface area contributed by atoms with Gasteiger partial charge in [0.15, 0.2) is 5.11 Å². The van der Waals surface area contributed by atoms with E-state index in [0.717, 1.165) is 15.7 Å². The predicted molar refractivity (Wildman–Crippen MR) is 90.7 cm³/mol. The fourth-order valence-electron chi connectivity index (χ4n) is 1.79. The van der Waals surface area contributed by atoms with E-state index < -0.39 is 0 Å². The molecule has 2 aromatic rings. The summed E-state index contributed by atoms with van der Waals surface area (Å²) in [6, 6.07) is 18.1. The Bertz CT molecular complexity index is 626. The highest BCUT2D eigenvalue weighted by Gasteiger charge is 2.06. The van der Waals surface area contributed by atoms with E-state index in [9.17, 15) is 0 Å². The van der Waals surface area contributed by atoms with Gasteiger partial charge in [-0.25, -0.2) is 0 Å². The Hall–Kier alpha value is -1.72. The van der Waals surface area contributed by atoms with Crippen LogP contribution in [0.25, 0.3) is 0 Å². The molecule has 0 radical (unpaired) electrons. The summed E-state index contributed by atoms with van der Waals surface area (Å²) < 4.78 is 1.01. The summed E-state index contributed by atoms with van der Waals surface area (Å²) >= 11 is 8.27. The van der Waals surface area contributed by atoms with Gasteiger partial charge in [0.25, 0.3) is 0 Å². The van der Waals surface area contributed by atoms with Crippen molar-refractivity contribution in [1.29, 1.82) is 0 Å². The van der Waals surface area contributed by atoms with Crippen molar-refractivity contribution in [2.24, 2.45) is 10.8 Å². The van der Waals surface area contributed by atoms with Crippen molar-refractivity contribution in [2.45, 2.75) is 6.42 Å². The van der Waals surface area contributed by atoms with Crippen LogP contribution in [0.15, 0.2) is 64.2 Å². The van der Waals surface area contributed by atoms with Gasteiger partial charge in [0, 0.05) is 10.9 Å². The second-order valence-electron chi connectivity index (χ2n) is 4.21. The van der Waals surface area contributed by atoms with Crippen LogP contribution < -0.4 is 11.2 Å². The first-order valence-electron chi connectivity index (χ1n) is 6.07. The van der Waals surface area contributed by atoms with E-state index >= 15 is 0 Å². The third-order valence-corrected chi connectivity index (χ3v) is 3.26. The number of rotatable bonds is 4. The fraction of sp³-hybridized carbons (Fsp3) is 0.0667. The van der Waals surface area contributed by atoms with E-state index in [0.29, 0.717) is 6.42 Å². The molecule has 0 amide bonds. The third kappa shape index (κ3) is 4.43.